The van der Waals surface area contributed by atoms with Crippen LogP contribution in [0.4, 0.5) is 5.82 Å². The number of aromatic amines is 1. The van der Waals surface area contributed by atoms with Crippen molar-refractivity contribution in [2.24, 2.45) is 0 Å². The van der Waals surface area contributed by atoms with E-state index in [9.17, 15) is 9.59 Å². The number of nitrogens with zero attached hydrogens (tertiary/aromatic N) is 4. The number of hydrogen-bond acceptors (Lipinski definition) is 5. The molecule has 1 amide bonds. The summed E-state index contributed by atoms with van der Waals surface area (Å²) in [7, 11) is 2.17. The highest BCUT2D eigenvalue weighted by Crippen LogP contribution is 2.33. The van der Waals surface area contributed by atoms with Crippen LogP contribution in [0.3, 0.4) is 0 Å². The normalized spacial score (nSPS) is 14.6. The standard InChI is InChI=1S/C32H40N6O2/c1-20(2)38-19-22(4)30-26(31(39)34-18-27-21(3)14-23(5)35-32(27)40)15-25(16-28(30)38)24-8-9-29(33-17-24)37-11-7-10-36(6)12-13-37/h8-9,14-17,19-20H,7,10-13,18H2,1-6H3,(H,34,39)(H,35,40). The molecule has 1 aromatic carbocycles. The number of benzene rings is 1. The van der Waals surface area contributed by atoms with Crippen LogP contribution in [0, 0.1) is 20.8 Å². The van der Waals surface area contributed by atoms with Crippen molar-refractivity contribution in [3.63, 3.8) is 0 Å². The van der Waals surface area contributed by atoms with Gasteiger partial charge in [0.2, 0.25) is 0 Å². The van der Waals surface area contributed by atoms with Crippen molar-refractivity contribution in [3.8, 4) is 11.1 Å². The average molecular weight is 541 g/mol. The molecule has 4 heterocycles. The summed E-state index contributed by atoms with van der Waals surface area (Å²) in [6, 6.07) is 10.5. The highest BCUT2D eigenvalue weighted by Gasteiger charge is 2.20. The summed E-state index contributed by atoms with van der Waals surface area (Å²) >= 11 is 0. The predicted octanol–water partition coefficient (Wildman–Crippen LogP) is 4.97. The molecule has 8 nitrogen and oxygen atoms in total. The van der Waals surface area contributed by atoms with Crippen molar-refractivity contribution in [2.45, 2.75) is 53.6 Å². The minimum Gasteiger partial charge on any atom is -0.355 e. The summed E-state index contributed by atoms with van der Waals surface area (Å²) in [4.78, 5) is 38.6. The first-order valence-electron chi connectivity index (χ1n) is 14.1. The van der Waals surface area contributed by atoms with Crippen LogP contribution in [0.15, 0.2) is 47.5 Å². The Bertz CT molecular complexity index is 1600. The second-order valence-electron chi connectivity index (χ2n) is 11.4. The first kappa shape index (κ1) is 27.6. The van der Waals surface area contributed by atoms with Crippen LogP contribution in [0.2, 0.25) is 0 Å². The van der Waals surface area contributed by atoms with Gasteiger partial charge in [-0.2, -0.15) is 0 Å². The molecule has 0 saturated carbocycles. The Labute approximate surface area is 236 Å². The summed E-state index contributed by atoms with van der Waals surface area (Å²) in [5.41, 5.74) is 6.64. The van der Waals surface area contributed by atoms with Crippen LogP contribution >= 0.6 is 0 Å². The predicted molar refractivity (Wildman–Crippen MR) is 162 cm³/mol. The second kappa shape index (κ2) is 11.3. The fraction of sp³-hybridized carbons (Fsp3) is 0.406. The average Bonchev–Trinajstić information content (AvgIpc) is 3.10. The van der Waals surface area contributed by atoms with Gasteiger partial charge in [-0.05, 0) is 102 Å². The molecule has 1 aliphatic heterocycles. The minimum absolute atomic E-state index is 0.164. The van der Waals surface area contributed by atoms with E-state index < -0.39 is 0 Å². The Kier molecular flexibility index (Phi) is 7.81. The van der Waals surface area contributed by atoms with Gasteiger partial charge in [0, 0.05) is 77.9 Å². The van der Waals surface area contributed by atoms with Gasteiger partial charge in [-0.3, -0.25) is 9.59 Å². The van der Waals surface area contributed by atoms with E-state index in [1.54, 1.807) is 0 Å². The molecule has 3 aromatic heterocycles. The maximum absolute atomic E-state index is 13.7. The van der Waals surface area contributed by atoms with Gasteiger partial charge in [0.25, 0.3) is 11.5 Å². The molecule has 0 radical (unpaired) electrons. The van der Waals surface area contributed by atoms with E-state index in [0.717, 1.165) is 77.3 Å². The Morgan fingerprint density at radius 2 is 1.82 bits per heavy atom. The number of carbonyl (C=O) groups excluding carboxylic acids is 1. The van der Waals surface area contributed by atoms with E-state index in [0.29, 0.717) is 11.1 Å². The SMILES string of the molecule is Cc1cc(C)c(CNC(=O)c2cc(-c3ccc(N4CCCN(C)CC4)nc3)cc3c2c(C)cn3C(C)C)c(=O)[nH]1. The lowest BCUT2D eigenvalue weighted by atomic mass is 9.98. The molecule has 0 spiro atoms. The summed E-state index contributed by atoms with van der Waals surface area (Å²) in [6.07, 6.45) is 5.15. The molecular weight excluding hydrogens is 500 g/mol. The second-order valence-corrected chi connectivity index (χ2v) is 11.4. The van der Waals surface area contributed by atoms with Crippen molar-refractivity contribution in [1.82, 2.24) is 24.8 Å². The molecule has 210 valence electrons. The molecule has 4 aromatic rings. The van der Waals surface area contributed by atoms with E-state index in [1.165, 1.54) is 0 Å². The van der Waals surface area contributed by atoms with Gasteiger partial charge in [-0.25, -0.2) is 4.98 Å². The monoisotopic (exact) mass is 540 g/mol. The van der Waals surface area contributed by atoms with Crippen LogP contribution in [0.5, 0.6) is 0 Å². The number of anilines is 1. The lowest BCUT2D eigenvalue weighted by molar-refractivity contribution is 0.0952. The van der Waals surface area contributed by atoms with Gasteiger partial charge in [0.05, 0.1) is 0 Å². The Morgan fingerprint density at radius 3 is 2.52 bits per heavy atom. The molecule has 1 saturated heterocycles. The third-order valence-electron chi connectivity index (χ3n) is 7.97. The molecule has 1 aliphatic rings. The van der Waals surface area contributed by atoms with Gasteiger partial charge in [-0.15, -0.1) is 0 Å². The van der Waals surface area contributed by atoms with E-state index in [4.69, 9.17) is 4.98 Å². The van der Waals surface area contributed by atoms with E-state index in [2.05, 4.69) is 70.0 Å². The first-order chi connectivity index (χ1) is 19.1. The zero-order chi connectivity index (χ0) is 28.6. The summed E-state index contributed by atoms with van der Waals surface area (Å²) in [5.74, 6) is 0.785. The smallest absolute Gasteiger partial charge is 0.253 e. The maximum Gasteiger partial charge on any atom is 0.253 e. The number of aryl methyl sites for hydroxylation is 3. The third kappa shape index (κ3) is 5.54. The lowest BCUT2D eigenvalue weighted by Crippen LogP contribution is -2.29. The molecule has 0 aliphatic carbocycles. The number of aromatic nitrogens is 3. The van der Waals surface area contributed by atoms with Crippen LogP contribution < -0.4 is 15.8 Å². The molecule has 0 atom stereocenters. The van der Waals surface area contributed by atoms with Gasteiger partial charge >= 0.3 is 0 Å². The zero-order valence-electron chi connectivity index (χ0n) is 24.5. The van der Waals surface area contributed by atoms with Gasteiger partial charge in [-0.1, -0.05) is 0 Å². The summed E-state index contributed by atoms with van der Waals surface area (Å²) in [5, 5.41) is 3.95. The Morgan fingerprint density at radius 1 is 1.02 bits per heavy atom. The van der Waals surface area contributed by atoms with Crippen molar-refractivity contribution in [3.05, 3.63) is 81.0 Å². The number of fused-ring (bicyclic) bond motifs is 1. The number of pyridine rings is 2. The minimum atomic E-state index is -0.200. The highest BCUT2D eigenvalue weighted by molar-refractivity contribution is 6.09. The Hall–Kier alpha value is -3.91. The van der Waals surface area contributed by atoms with E-state index >= 15 is 0 Å². The number of hydrogen-bond donors (Lipinski definition) is 2. The van der Waals surface area contributed by atoms with Crippen LogP contribution in [-0.2, 0) is 6.54 Å². The number of nitrogens with one attached hydrogen (secondary N) is 2. The molecule has 2 N–H and O–H groups in total. The molecule has 8 heteroatoms. The van der Waals surface area contributed by atoms with Crippen molar-refractivity contribution < 1.29 is 4.79 Å². The van der Waals surface area contributed by atoms with Crippen LogP contribution in [-0.4, -0.2) is 58.6 Å². The van der Waals surface area contributed by atoms with Gasteiger partial charge in [0.15, 0.2) is 0 Å². The molecule has 40 heavy (non-hydrogen) atoms. The number of H-pyrrole nitrogens is 1. The van der Waals surface area contributed by atoms with Crippen LogP contribution in [0.25, 0.3) is 22.0 Å². The molecule has 0 unspecified atom stereocenters. The van der Waals surface area contributed by atoms with Crippen molar-refractivity contribution in [1.29, 1.82) is 0 Å². The zero-order valence-corrected chi connectivity index (χ0v) is 24.5. The molecule has 5 rings (SSSR count). The summed E-state index contributed by atoms with van der Waals surface area (Å²) < 4.78 is 2.22. The number of amides is 1. The van der Waals surface area contributed by atoms with Gasteiger partial charge in [0.1, 0.15) is 5.82 Å². The fourth-order valence-corrected chi connectivity index (χ4v) is 5.75. The first-order valence-corrected chi connectivity index (χ1v) is 14.1. The van der Waals surface area contributed by atoms with E-state index in [1.807, 2.05) is 39.1 Å². The lowest BCUT2D eigenvalue weighted by Gasteiger charge is -2.21. The molecule has 1 fully saturated rings. The van der Waals surface area contributed by atoms with Gasteiger partial charge < -0.3 is 24.7 Å². The molecular formula is C32H40N6O2. The largest absolute Gasteiger partial charge is 0.355 e. The number of carbonyl (C=O) groups is 1. The Balaban J connectivity index is 1.51. The maximum atomic E-state index is 13.7. The quantitative estimate of drug-likeness (QED) is 0.361. The van der Waals surface area contributed by atoms with Crippen molar-refractivity contribution in [2.75, 3.05) is 38.1 Å². The fourth-order valence-electron chi connectivity index (χ4n) is 5.75. The highest BCUT2D eigenvalue weighted by atomic mass is 16.1. The van der Waals surface area contributed by atoms with Crippen LogP contribution in [0.1, 0.15) is 59.1 Å². The summed E-state index contributed by atoms with van der Waals surface area (Å²) in [6.45, 7) is 14.3. The topological polar surface area (TPSA) is 86.3 Å². The number of rotatable bonds is 6. The third-order valence-corrected chi connectivity index (χ3v) is 7.97. The number of likely N-dealkylation sites (N-methyl/N-ethyl adjacent to an activating group) is 1. The van der Waals surface area contributed by atoms with Crippen molar-refractivity contribution >= 4 is 22.6 Å². The van der Waals surface area contributed by atoms with E-state index in [-0.39, 0.29) is 24.1 Å². The molecule has 0 bridgehead atoms.